The van der Waals surface area contributed by atoms with E-state index in [-0.39, 0.29) is 17.6 Å². The average Bonchev–Trinajstić information content (AvgIpc) is 3.05. The van der Waals surface area contributed by atoms with E-state index in [1.54, 1.807) is 30.3 Å². The summed E-state index contributed by atoms with van der Waals surface area (Å²) in [7, 11) is 0. The lowest BCUT2D eigenvalue weighted by Crippen LogP contribution is -2.11. The van der Waals surface area contributed by atoms with Crippen LogP contribution in [0.5, 0.6) is 5.75 Å². The number of carboxylic acids is 1. The molecule has 2 N–H and O–H groups in total. The average molecular weight is 332 g/mol. The van der Waals surface area contributed by atoms with Gasteiger partial charge in [-0.1, -0.05) is 19.0 Å². The Labute approximate surface area is 139 Å². The second kappa shape index (κ2) is 8.14. The number of carbonyl (C=O) groups is 2. The Kier molecular flexibility index (Phi) is 5.95. The first-order valence-electron chi connectivity index (χ1n) is 7.76. The second-order valence-electron chi connectivity index (χ2n) is 5.29. The van der Waals surface area contributed by atoms with Crippen molar-refractivity contribution in [2.45, 2.75) is 32.6 Å². The van der Waals surface area contributed by atoms with Crippen LogP contribution in [0.2, 0.25) is 0 Å². The van der Waals surface area contributed by atoms with Crippen LogP contribution in [0.4, 0.5) is 5.69 Å². The molecule has 2 aromatic rings. The van der Waals surface area contributed by atoms with Crippen molar-refractivity contribution < 1.29 is 24.0 Å². The highest BCUT2D eigenvalue weighted by atomic mass is 16.5. The van der Waals surface area contributed by atoms with Crippen LogP contribution in [0, 0.1) is 0 Å². The molecule has 7 nitrogen and oxygen atoms in total. The summed E-state index contributed by atoms with van der Waals surface area (Å²) in [5, 5.41) is 15.2. The van der Waals surface area contributed by atoms with Gasteiger partial charge in [-0.25, -0.2) is 4.79 Å². The van der Waals surface area contributed by atoms with Gasteiger partial charge in [0.05, 0.1) is 5.69 Å². The first kappa shape index (κ1) is 17.5. The number of nitrogens with one attached hydrogen (secondary N) is 1. The third kappa shape index (κ3) is 4.58. The molecular formula is C17H20N2O5. The number of amides is 1. The van der Waals surface area contributed by atoms with Gasteiger partial charge in [-0.15, -0.1) is 0 Å². The largest absolute Gasteiger partial charge is 0.482 e. The van der Waals surface area contributed by atoms with Crippen molar-refractivity contribution in [3.63, 3.8) is 0 Å². The highest BCUT2D eigenvalue weighted by molar-refractivity contribution is 6.02. The van der Waals surface area contributed by atoms with Gasteiger partial charge in [-0.3, -0.25) is 4.79 Å². The summed E-state index contributed by atoms with van der Waals surface area (Å²) in [5.74, 6) is -0.597. The number of carboxylic acid groups (broad SMARTS) is 1. The van der Waals surface area contributed by atoms with E-state index in [4.69, 9.17) is 14.4 Å². The number of benzene rings is 1. The fourth-order valence-electron chi connectivity index (χ4n) is 2.27. The monoisotopic (exact) mass is 332 g/mol. The standard InChI is InChI=1S/C17H20N2O5/c1-3-11(4-2)14-9-15(24-19-14)17(22)18-12-5-7-13(8-6-12)23-10-16(20)21/h5-9,11H,3-4,10H2,1-2H3,(H,18,22)(H,20,21). The number of rotatable bonds is 8. The van der Waals surface area contributed by atoms with Crippen LogP contribution >= 0.6 is 0 Å². The lowest BCUT2D eigenvalue weighted by Gasteiger charge is -2.06. The van der Waals surface area contributed by atoms with Gasteiger partial charge in [0.1, 0.15) is 5.75 Å². The predicted molar refractivity (Wildman–Crippen MR) is 87.4 cm³/mol. The summed E-state index contributed by atoms with van der Waals surface area (Å²) in [4.78, 5) is 22.6. The zero-order valence-corrected chi connectivity index (χ0v) is 13.6. The molecule has 2 rings (SSSR count). The molecule has 0 fully saturated rings. The molecule has 0 radical (unpaired) electrons. The maximum Gasteiger partial charge on any atom is 0.341 e. The first-order chi connectivity index (χ1) is 11.5. The normalized spacial score (nSPS) is 10.6. The maximum atomic E-state index is 12.2. The second-order valence-corrected chi connectivity index (χ2v) is 5.29. The van der Waals surface area contributed by atoms with Crippen molar-refractivity contribution in [2.24, 2.45) is 0 Å². The van der Waals surface area contributed by atoms with E-state index >= 15 is 0 Å². The van der Waals surface area contributed by atoms with Crippen molar-refractivity contribution in [1.29, 1.82) is 0 Å². The summed E-state index contributed by atoms with van der Waals surface area (Å²) < 4.78 is 10.1. The molecule has 24 heavy (non-hydrogen) atoms. The summed E-state index contributed by atoms with van der Waals surface area (Å²) in [5.41, 5.74) is 1.32. The number of ether oxygens (including phenoxy) is 1. The molecule has 0 aliphatic rings. The highest BCUT2D eigenvalue weighted by Gasteiger charge is 2.17. The Balaban J connectivity index is 1.98. The highest BCUT2D eigenvalue weighted by Crippen LogP contribution is 2.23. The summed E-state index contributed by atoms with van der Waals surface area (Å²) in [6.45, 7) is 3.72. The van der Waals surface area contributed by atoms with Gasteiger partial charge in [0.25, 0.3) is 5.91 Å². The maximum absolute atomic E-state index is 12.2. The van der Waals surface area contributed by atoms with Crippen molar-refractivity contribution in [2.75, 3.05) is 11.9 Å². The molecule has 0 saturated carbocycles. The Hall–Kier alpha value is -2.83. The number of anilines is 1. The predicted octanol–water partition coefficient (Wildman–Crippen LogP) is 3.29. The molecule has 0 bridgehead atoms. The fraction of sp³-hybridized carbons (Fsp3) is 0.353. The molecule has 0 unspecified atom stereocenters. The van der Waals surface area contributed by atoms with Gasteiger partial charge in [0.2, 0.25) is 5.76 Å². The van der Waals surface area contributed by atoms with E-state index in [0.29, 0.717) is 11.4 Å². The number of carbonyl (C=O) groups excluding carboxylic acids is 1. The molecule has 0 saturated heterocycles. The van der Waals surface area contributed by atoms with Gasteiger partial charge >= 0.3 is 5.97 Å². The van der Waals surface area contributed by atoms with E-state index in [9.17, 15) is 9.59 Å². The van der Waals surface area contributed by atoms with Crippen LogP contribution < -0.4 is 10.1 Å². The third-order valence-electron chi connectivity index (χ3n) is 3.63. The van der Waals surface area contributed by atoms with Crippen molar-refractivity contribution in [3.8, 4) is 5.75 Å². The Morgan fingerprint density at radius 3 is 2.50 bits per heavy atom. The van der Waals surface area contributed by atoms with Crippen LogP contribution in [0.15, 0.2) is 34.9 Å². The summed E-state index contributed by atoms with van der Waals surface area (Å²) in [6, 6.07) is 8.06. The van der Waals surface area contributed by atoms with Gasteiger partial charge in [0, 0.05) is 17.7 Å². The lowest BCUT2D eigenvalue weighted by molar-refractivity contribution is -0.139. The smallest absolute Gasteiger partial charge is 0.341 e. The molecule has 128 valence electrons. The lowest BCUT2D eigenvalue weighted by atomic mass is 9.99. The number of hydrogen-bond donors (Lipinski definition) is 2. The van der Waals surface area contributed by atoms with E-state index in [2.05, 4.69) is 24.3 Å². The van der Waals surface area contributed by atoms with Crippen LogP contribution in [0.3, 0.4) is 0 Å². The van der Waals surface area contributed by atoms with E-state index < -0.39 is 12.6 Å². The molecule has 7 heteroatoms. The Morgan fingerprint density at radius 1 is 1.25 bits per heavy atom. The molecule has 1 aromatic carbocycles. The van der Waals surface area contributed by atoms with Crippen LogP contribution in [0.1, 0.15) is 48.9 Å². The number of aromatic nitrogens is 1. The summed E-state index contributed by atoms with van der Waals surface area (Å²) in [6.07, 6.45) is 1.86. The Morgan fingerprint density at radius 2 is 1.92 bits per heavy atom. The molecular weight excluding hydrogens is 312 g/mol. The summed E-state index contributed by atoms with van der Waals surface area (Å²) >= 11 is 0. The minimum absolute atomic E-state index is 0.156. The molecule has 1 aromatic heterocycles. The first-order valence-corrected chi connectivity index (χ1v) is 7.76. The molecule has 0 atom stereocenters. The van der Waals surface area contributed by atoms with Gasteiger partial charge in [-0.2, -0.15) is 0 Å². The van der Waals surface area contributed by atoms with Crippen LogP contribution in [-0.2, 0) is 4.79 Å². The van der Waals surface area contributed by atoms with Crippen LogP contribution in [0.25, 0.3) is 0 Å². The van der Waals surface area contributed by atoms with Crippen LogP contribution in [-0.4, -0.2) is 28.7 Å². The quantitative estimate of drug-likeness (QED) is 0.769. The molecule has 1 amide bonds. The molecule has 0 aliphatic heterocycles. The topological polar surface area (TPSA) is 102 Å². The number of hydrogen-bond acceptors (Lipinski definition) is 5. The molecule has 0 aliphatic carbocycles. The SMILES string of the molecule is CCC(CC)c1cc(C(=O)Nc2ccc(OCC(=O)O)cc2)on1. The third-order valence-corrected chi connectivity index (χ3v) is 3.63. The molecule has 0 spiro atoms. The van der Waals surface area contributed by atoms with E-state index in [0.717, 1.165) is 18.5 Å². The Bertz CT molecular complexity index is 689. The number of nitrogens with zero attached hydrogens (tertiary/aromatic N) is 1. The minimum Gasteiger partial charge on any atom is -0.482 e. The van der Waals surface area contributed by atoms with E-state index in [1.807, 2.05) is 0 Å². The minimum atomic E-state index is -1.05. The van der Waals surface area contributed by atoms with Crippen molar-refractivity contribution in [1.82, 2.24) is 5.16 Å². The van der Waals surface area contributed by atoms with Gasteiger partial charge in [-0.05, 0) is 37.1 Å². The van der Waals surface area contributed by atoms with Gasteiger partial charge < -0.3 is 19.7 Å². The zero-order chi connectivity index (χ0) is 17.5. The van der Waals surface area contributed by atoms with Crippen molar-refractivity contribution in [3.05, 3.63) is 41.8 Å². The van der Waals surface area contributed by atoms with E-state index in [1.165, 1.54) is 0 Å². The zero-order valence-electron chi connectivity index (χ0n) is 13.6. The fourth-order valence-corrected chi connectivity index (χ4v) is 2.27. The number of aliphatic carboxylic acids is 1. The molecule has 1 heterocycles. The van der Waals surface area contributed by atoms with Crippen molar-refractivity contribution >= 4 is 17.6 Å². The van der Waals surface area contributed by atoms with Gasteiger partial charge in [0.15, 0.2) is 6.61 Å².